The van der Waals surface area contributed by atoms with Crippen LogP contribution in [0.3, 0.4) is 0 Å². The summed E-state index contributed by atoms with van der Waals surface area (Å²) in [5, 5.41) is 10.7. The Bertz CT molecular complexity index is 978. The number of rotatable bonds is 6. The molecule has 0 saturated heterocycles. The van der Waals surface area contributed by atoms with E-state index in [4.69, 9.17) is 4.98 Å². The Kier molecular flexibility index (Phi) is 5.38. The van der Waals surface area contributed by atoms with Crippen molar-refractivity contribution in [1.82, 2.24) is 14.9 Å². The topological polar surface area (TPSA) is 69.2 Å². The van der Waals surface area contributed by atoms with Crippen LogP contribution in [0.25, 0.3) is 10.2 Å². The van der Waals surface area contributed by atoms with Gasteiger partial charge in [0.15, 0.2) is 0 Å². The van der Waals surface area contributed by atoms with Gasteiger partial charge < -0.3 is 10.1 Å². The number of aromatic amines is 1. The van der Waals surface area contributed by atoms with Gasteiger partial charge in [-0.3, -0.25) is 9.69 Å². The van der Waals surface area contributed by atoms with Crippen molar-refractivity contribution < 1.29 is 5.11 Å². The van der Waals surface area contributed by atoms with Gasteiger partial charge in [0.05, 0.1) is 18.0 Å². The summed E-state index contributed by atoms with van der Waals surface area (Å²) < 4.78 is 0. The molecule has 0 spiro atoms. The van der Waals surface area contributed by atoms with Crippen molar-refractivity contribution in [3.8, 4) is 0 Å². The van der Waals surface area contributed by atoms with Crippen molar-refractivity contribution in [3.05, 3.63) is 62.5 Å². The fraction of sp³-hybridized carbons (Fsp3) is 0.429. The molecular formula is C21H25N3O2S. The third-order valence-electron chi connectivity index (χ3n) is 5.02. The van der Waals surface area contributed by atoms with Gasteiger partial charge in [-0.1, -0.05) is 30.3 Å². The lowest BCUT2D eigenvalue weighted by atomic mass is 9.97. The molecule has 142 valence electrons. The summed E-state index contributed by atoms with van der Waals surface area (Å²) in [7, 11) is 0. The van der Waals surface area contributed by atoms with Crippen LogP contribution in [0, 0.1) is 0 Å². The molecule has 5 nitrogen and oxygen atoms in total. The molecule has 2 heterocycles. The molecule has 0 bridgehead atoms. The number of benzene rings is 1. The molecule has 6 heteroatoms. The summed E-state index contributed by atoms with van der Waals surface area (Å²) >= 11 is 1.67. The molecule has 1 aliphatic rings. The number of aryl methyl sites for hydroxylation is 2. The van der Waals surface area contributed by atoms with E-state index >= 15 is 0 Å². The van der Waals surface area contributed by atoms with E-state index in [-0.39, 0.29) is 5.56 Å². The van der Waals surface area contributed by atoms with Gasteiger partial charge in [-0.2, -0.15) is 0 Å². The predicted octanol–water partition coefficient (Wildman–Crippen LogP) is 3.25. The zero-order chi connectivity index (χ0) is 18.8. The Morgan fingerprint density at radius 3 is 2.78 bits per heavy atom. The number of hydrogen-bond acceptors (Lipinski definition) is 5. The first-order valence-corrected chi connectivity index (χ1v) is 10.4. The van der Waals surface area contributed by atoms with Crippen molar-refractivity contribution in [2.75, 3.05) is 6.54 Å². The van der Waals surface area contributed by atoms with Crippen LogP contribution in [0.5, 0.6) is 0 Å². The van der Waals surface area contributed by atoms with Gasteiger partial charge in [0.2, 0.25) is 0 Å². The van der Waals surface area contributed by atoms with E-state index in [1.165, 1.54) is 22.4 Å². The fourth-order valence-corrected chi connectivity index (χ4v) is 5.18. The maximum absolute atomic E-state index is 12.7. The maximum atomic E-state index is 12.7. The Morgan fingerprint density at radius 1 is 1.22 bits per heavy atom. The van der Waals surface area contributed by atoms with Crippen molar-refractivity contribution in [3.63, 3.8) is 0 Å². The minimum absolute atomic E-state index is 0.0221. The molecule has 27 heavy (non-hydrogen) atoms. The number of thiophene rings is 1. The van der Waals surface area contributed by atoms with Crippen LogP contribution in [0.1, 0.15) is 41.6 Å². The highest BCUT2D eigenvalue weighted by molar-refractivity contribution is 7.18. The van der Waals surface area contributed by atoms with Crippen molar-refractivity contribution in [2.45, 2.75) is 51.8 Å². The quantitative estimate of drug-likeness (QED) is 0.686. The summed E-state index contributed by atoms with van der Waals surface area (Å²) in [5.41, 5.74) is 2.37. The van der Waals surface area contributed by atoms with Gasteiger partial charge in [0.25, 0.3) is 5.56 Å². The molecule has 0 amide bonds. The van der Waals surface area contributed by atoms with Gasteiger partial charge >= 0.3 is 0 Å². The van der Waals surface area contributed by atoms with Crippen molar-refractivity contribution in [1.29, 1.82) is 0 Å². The minimum Gasteiger partial charge on any atom is -0.392 e. The van der Waals surface area contributed by atoms with Crippen LogP contribution in [0.15, 0.2) is 35.1 Å². The summed E-state index contributed by atoms with van der Waals surface area (Å²) in [6.45, 7) is 3.52. The number of fused-ring (bicyclic) bond motifs is 3. The molecule has 1 atom stereocenters. The predicted molar refractivity (Wildman–Crippen MR) is 109 cm³/mol. The molecule has 0 fully saturated rings. The van der Waals surface area contributed by atoms with E-state index in [0.29, 0.717) is 25.5 Å². The third-order valence-corrected chi connectivity index (χ3v) is 6.20. The van der Waals surface area contributed by atoms with Crippen LogP contribution in [-0.2, 0) is 25.9 Å². The standard InChI is InChI=1S/C21H25N3O2S/c1-14(25)11-24(12-15-7-3-2-4-8-15)13-18-22-20(26)19-16-9-5-6-10-17(16)27-21(19)23-18/h2-4,7-8,14,25H,5-6,9-13H2,1H3,(H,22,23,26)/t14-/m0/s1. The molecule has 0 saturated carbocycles. The maximum Gasteiger partial charge on any atom is 0.259 e. The van der Waals surface area contributed by atoms with Crippen molar-refractivity contribution >= 4 is 21.6 Å². The number of hydrogen-bond donors (Lipinski definition) is 2. The Hall–Kier alpha value is -2.02. The second-order valence-corrected chi connectivity index (χ2v) is 8.49. The summed E-state index contributed by atoms with van der Waals surface area (Å²) in [6.07, 6.45) is 3.95. The second kappa shape index (κ2) is 7.92. The molecule has 1 aliphatic carbocycles. The Labute approximate surface area is 162 Å². The third kappa shape index (κ3) is 4.13. The van der Waals surface area contributed by atoms with E-state index in [9.17, 15) is 9.90 Å². The van der Waals surface area contributed by atoms with E-state index in [1.54, 1.807) is 18.3 Å². The highest BCUT2D eigenvalue weighted by Gasteiger charge is 2.20. The molecule has 0 radical (unpaired) electrons. The second-order valence-electron chi connectivity index (χ2n) is 7.41. The molecule has 3 aromatic rings. The molecule has 2 aromatic heterocycles. The number of nitrogens with one attached hydrogen (secondary N) is 1. The van der Waals surface area contributed by atoms with Crippen LogP contribution < -0.4 is 5.56 Å². The largest absolute Gasteiger partial charge is 0.392 e. The zero-order valence-electron chi connectivity index (χ0n) is 15.6. The summed E-state index contributed by atoms with van der Waals surface area (Å²) in [4.78, 5) is 24.8. The molecule has 0 unspecified atom stereocenters. The lowest BCUT2D eigenvalue weighted by Crippen LogP contribution is -2.31. The van der Waals surface area contributed by atoms with E-state index in [1.807, 2.05) is 18.2 Å². The number of aliphatic hydroxyl groups excluding tert-OH is 1. The van der Waals surface area contributed by atoms with Crippen molar-refractivity contribution in [2.24, 2.45) is 0 Å². The van der Waals surface area contributed by atoms with Gasteiger partial charge in [0, 0.05) is 18.0 Å². The lowest BCUT2D eigenvalue weighted by Gasteiger charge is -2.23. The smallest absolute Gasteiger partial charge is 0.259 e. The highest BCUT2D eigenvalue weighted by Crippen LogP contribution is 2.33. The lowest BCUT2D eigenvalue weighted by molar-refractivity contribution is 0.116. The SMILES string of the molecule is C[C@H](O)CN(Cc1ccccc1)Cc1nc2sc3c(c2c(=O)[nH]1)CCCC3. The number of aromatic nitrogens is 2. The van der Waals surface area contributed by atoms with E-state index < -0.39 is 6.10 Å². The average Bonchev–Trinajstić information content (AvgIpc) is 3.00. The van der Waals surface area contributed by atoms with Crippen LogP contribution in [-0.4, -0.2) is 32.6 Å². The van der Waals surface area contributed by atoms with E-state index in [2.05, 4.69) is 22.0 Å². The first-order valence-electron chi connectivity index (χ1n) is 9.58. The normalized spacial score (nSPS) is 15.2. The Balaban J connectivity index is 1.62. The number of nitrogens with zero attached hydrogens (tertiary/aromatic N) is 2. The zero-order valence-corrected chi connectivity index (χ0v) is 16.4. The first-order chi connectivity index (χ1) is 13.1. The average molecular weight is 384 g/mol. The van der Waals surface area contributed by atoms with Gasteiger partial charge in [-0.15, -0.1) is 11.3 Å². The molecule has 0 aliphatic heterocycles. The number of H-pyrrole nitrogens is 1. The minimum atomic E-state index is -0.446. The van der Waals surface area contributed by atoms with Crippen LogP contribution in [0.2, 0.25) is 0 Å². The number of aliphatic hydroxyl groups is 1. The van der Waals surface area contributed by atoms with Crippen LogP contribution in [0.4, 0.5) is 0 Å². The molecule has 2 N–H and O–H groups in total. The van der Waals surface area contributed by atoms with Crippen LogP contribution >= 0.6 is 11.3 Å². The van der Waals surface area contributed by atoms with E-state index in [0.717, 1.165) is 29.5 Å². The molecular weight excluding hydrogens is 358 g/mol. The van der Waals surface area contributed by atoms with Gasteiger partial charge in [-0.05, 0) is 43.7 Å². The fourth-order valence-electron chi connectivity index (χ4n) is 3.90. The molecule has 4 rings (SSSR count). The van der Waals surface area contributed by atoms with Gasteiger partial charge in [-0.25, -0.2) is 4.98 Å². The molecule has 1 aromatic carbocycles. The summed E-state index contributed by atoms with van der Waals surface area (Å²) in [6, 6.07) is 10.2. The monoisotopic (exact) mass is 383 g/mol. The first kappa shape index (κ1) is 18.3. The Morgan fingerprint density at radius 2 is 2.00 bits per heavy atom. The highest BCUT2D eigenvalue weighted by atomic mass is 32.1. The van der Waals surface area contributed by atoms with Gasteiger partial charge in [0.1, 0.15) is 10.7 Å². The summed E-state index contributed by atoms with van der Waals surface area (Å²) in [5.74, 6) is 0.669.